The van der Waals surface area contributed by atoms with E-state index in [1.54, 1.807) is 12.1 Å². The monoisotopic (exact) mass is 204 g/mol. The fourth-order valence-corrected chi connectivity index (χ4v) is 0.655. The molecule has 14 heavy (non-hydrogen) atoms. The highest BCUT2D eigenvalue weighted by Gasteiger charge is 2.06. The molecule has 1 aromatic rings. The van der Waals surface area contributed by atoms with Crippen LogP contribution in [0.1, 0.15) is 6.92 Å². The summed E-state index contributed by atoms with van der Waals surface area (Å²) < 4.78 is 33.8. The summed E-state index contributed by atoms with van der Waals surface area (Å²) in [5.41, 5.74) is 0. The molecular weight excluding hydrogens is 196 g/mol. The van der Waals surface area contributed by atoms with E-state index in [0.717, 1.165) is 0 Å². The van der Waals surface area contributed by atoms with Crippen molar-refractivity contribution in [3.8, 4) is 5.75 Å². The number of carbonyl (C=O) groups excluding carboxylic acids is 1. The van der Waals surface area contributed by atoms with E-state index in [-0.39, 0.29) is 5.97 Å². The molecule has 0 saturated heterocycles. The third-order valence-electron chi connectivity index (χ3n) is 1.00. The van der Waals surface area contributed by atoms with Crippen LogP contribution in [0.25, 0.3) is 0 Å². The molecule has 0 unspecified atom stereocenters. The van der Waals surface area contributed by atoms with Crippen molar-refractivity contribution in [3.63, 3.8) is 0 Å². The first kappa shape index (κ1) is 12.5. The number of carbonyl (C=O) groups is 1. The van der Waals surface area contributed by atoms with Gasteiger partial charge < -0.3 is 4.74 Å². The molecule has 0 aromatic heterocycles. The maximum Gasteiger partial charge on any atom is 0.762 e. The molecule has 0 amide bonds. The second-order valence-corrected chi connectivity index (χ2v) is 2.15. The predicted octanol–water partition coefficient (Wildman–Crippen LogP) is 2.49. The van der Waals surface area contributed by atoms with Gasteiger partial charge in [-0.3, -0.25) is 17.7 Å². The van der Waals surface area contributed by atoms with Gasteiger partial charge in [0.15, 0.2) is 0 Å². The van der Waals surface area contributed by atoms with Crippen LogP contribution in [0.5, 0.6) is 5.75 Å². The van der Waals surface area contributed by atoms with Crippen LogP contribution in [-0.2, 0) is 4.79 Å². The number of para-hydroxylation sites is 1. The molecule has 0 spiro atoms. The van der Waals surface area contributed by atoms with Gasteiger partial charge in [-0.1, -0.05) is 18.2 Å². The Labute approximate surface area is 79.9 Å². The highest BCUT2D eigenvalue weighted by atomic mass is 19.4. The summed E-state index contributed by atoms with van der Waals surface area (Å²) >= 11 is 0. The third-order valence-corrected chi connectivity index (χ3v) is 1.00. The van der Waals surface area contributed by atoms with Crippen molar-refractivity contribution in [3.05, 3.63) is 30.3 Å². The van der Waals surface area contributed by atoms with E-state index in [0.29, 0.717) is 5.75 Å². The summed E-state index contributed by atoms with van der Waals surface area (Å²) in [7, 11) is -3.67. The Morgan fingerprint density at radius 3 is 2.00 bits per heavy atom. The summed E-state index contributed by atoms with van der Waals surface area (Å²) in [4.78, 5) is 10.4. The van der Waals surface area contributed by atoms with E-state index >= 15 is 0 Å². The summed E-state index contributed by atoms with van der Waals surface area (Å²) in [6, 6.07) is 8.98. The minimum Gasteiger partial charge on any atom is -0.427 e. The Morgan fingerprint density at radius 1 is 1.21 bits per heavy atom. The zero-order valence-corrected chi connectivity index (χ0v) is 7.41. The Hall–Kier alpha value is -1.46. The van der Waals surface area contributed by atoms with Crippen LogP contribution in [0, 0.1) is 0 Å². The van der Waals surface area contributed by atoms with Crippen molar-refractivity contribution in [2.24, 2.45) is 0 Å². The van der Waals surface area contributed by atoms with Gasteiger partial charge in [-0.05, 0) is 12.1 Å². The third kappa shape index (κ3) is 8.64. The number of rotatable bonds is 1. The Morgan fingerprint density at radius 2 is 1.64 bits per heavy atom. The largest absolute Gasteiger partial charge is 0.762 e. The summed E-state index contributed by atoms with van der Waals surface area (Å²) in [6.07, 6.45) is 0. The van der Waals surface area contributed by atoms with Gasteiger partial charge in [0, 0.05) is 6.92 Å². The number of ether oxygens (including phenoxy) is 1. The topological polar surface area (TPSA) is 26.3 Å². The number of halogens is 3. The molecule has 0 atom stereocenters. The standard InChI is InChI=1S/C8H8O2.BF3/c1-7(9)10-8-5-3-2-4-6-8;2-1(3)4/h2-6H,1H3;. The van der Waals surface area contributed by atoms with Crippen LogP contribution in [0.3, 0.4) is 0 Å². The van der Waals surface area contributed by atoms with Gasteiger partial charge in [0.25, 0.3) is 0 Å². The first-order valence-corrected chi connectivity index (χ1v) is 3.68. The number of hydrogen-bond donors (Lipinski definition) is 0. The van der Waals surface area contributed by atoms with Crippen LogP contribution in [0.2, 0.25) is 0 Å². The summed E-state index contributed by atoms with van der Waals surface area (Å²) in [5, 5.41) is 0. The van der Waals surface area contributed by atoms with Crippen LogP contribution in [0.15, 0.2) is 30.3 Å². The van der Waals surface area contributed by atoms with Gasteiger partial charge in [0.05, 0.1) is 0 Å². The van der Waals surface area contributed by atoms with Gasteiger partial charge in [-0.25, -0.2) is 0 Å². The SMILES string of the molecule is CC(=O)Oc1ccccc1.FB(F)F. The lowest BCUT2D eigenvalue weighted by atomic mass is 10.3. The molecule has 2 nitrogen and oxygen atoms in total. The van der Waals surface area contributed by atoms with Crippen molar-refractivity contribution in [1.29, 1.82) is 0 Å². The smallest absolute Gasteiger partial charge is 0.427 e. The zero-order chi connectivity index (χ0) is 11.0. The van der Waals surface area contributed by atoms with Gasteiger partial charge in [0.1, 0.15) is 5.75 Å². The molecule has 0 aliphatic heterocycles. The molecule has 0 radical (unpaired) electrons. The molecule has 1 aromatic carbocycles. The average molecular weight is 204 g/mol. The fraction of sp³-hybridized carbons (Fsp3) is 0.125. The second kappa shape index (κ2) is 7.00. The highest BCUT2D eigenvalue weighted by molar-refractivity contribution is 6.33. The lowest BCUT2D eigenvalue weighted by Crippen LogP contribution is -2.00. The molecule has 0 bridgehead atoms. The van der Waals surface area contributed by atoms with E-state index < -0.39 is 7.54 Å². The normalized spacial score (nSPS) is 8.29. The number of esters is 1. The van der Waals surface area contributed by atoms with Gasteiger partial charge >= 0.3 is 13.5 Å². The summed E-state index contributed by atoms with van der Waals surface area (Å²) in [5.74, 6) is 0.307. The lowest BCUT2D eigenvalue weighted by molar-refractivity contribution is -0.131. The molecule has 0 N–H and O–H groups in total. The molecule has 1 rings (SSSR count). The van der Waals surface area contributed by atoms with Crippen molar-refractivity contribution < 1.29 is 22.5 Å². The Bertz CT molecular complexity index is 264. The van der Waals surface area contributed by atoms with Crippen LogP contribution >= 0.6 is 0 Å². The molecule has 0 fully saturated rings. The Balaban J connectivity index is 0.000000364. The van der Waals surface area contributed by atoms with Crippen molar-refractivity contribution in [2.75, 3.05) is 0 Å². The minimum atomic E-state index is -3.67. The van der Waals surface area contributed by atoms with E-state index in [2.05, 4.69) is 0 Å². The molecule has 0 saturated carbocycles. The van der Waals surface area contributed by atoms with E-state index in [1.165, 1.54) is 6.92 Å². The number of benzene rings is 1. The van der Waals surface area contributed by atoms with Crippen molar-refractivity contribution in [1.82, 2.24) is 0 Å². The van der Waals surface area contributed by atoms with E-state index in [4.69, 9.17) is 4.74 Å². The van der Waals surface area contributed by atoms with Gasteiger partial charge in [0.2, 0.25) is 0 Å². The molecule has 6 heteroatoms. The maximum absolute atomic E-state index is 10.4. The quantitative estimate of drug-likeness (QED) is 0.399. The first-order chi connectivity index (χ1) is 6.52. The maximum atomic E-state index is 10.4. The number of hydrogen-bond acceptors (Lipinski definition) is 2. The summed E-state index contributed by atoms with van der Waals surface area (Å²) in [6.45, 7) is 1.38. The molecule has 0 aliphatic carbocycles. The molecular formula is C8H8BF3O2. The highest BCUT2D eigenvalue weighted by Crippen LogP contribution is 2.07. The van der Waals surface area contributed by atoms with Crippen LogP contribution < -0.4 is 4.74 Å². The van der Waals surface area contributed by atoms with Crippen molar-refractivity contribution >= 4 is 13.5 Å². The fourth-order valence-electron chi connectivity index (χ4n) is 0.655. The lowest BCUT2D eigenvalue weighted by Gasteiger charge is -1.97. The first-order valence-electron chi connectivity index (χ1n) is 3.68. The van der Waals surface area contributed by atoms with Crippen molar-refractivity contribution in [2.45, 2.75) is 6.92 Å². The van der Waals surface area contributed by atoms with E-state index in [9.17, 15) is 17.7 Å². The van der Waals surface area contributed by atoms with E-state index in [1.807, 2.05) is 18.2 Å². The predicted molar refractivity (Wildman–Crippen MR) is 46.8 cm³/mol. The molecule has 76 valence electrons. The molecule has 0 heterocycles. The van der Waals surface area contributed by atoms with Gasteiger partial charge in [-0.2, -0.15) is 0 Å². The Kier molecular flexibility index (Phi) is 6.27. The van der Waals surface area contributed by atoms with Crippen LogP contribution in [0.4, 0.5) is 12.9 Å². The minimum absolute atomic E-state index is 0.286. The average Bonchev–Trinajstić information content (AvgIpc) is 2.03. The molecule has 0 aliphatic rings. The zero-order valence-electron chi connectivity index (χ0n) is 7.41. The van der Waals surface area contributed by atoms with Gasteiger partial charge in [-0.15, -0.1) is 0 Å². The van der Waals surface area contributed by atoms with Crippen LogP contribution in [-0.4, -0.2) is 13.5 Å². The second-order valence-electron chi connectivity index (χ2n) is 2.15.